The van der Waals surface area contributed by atoms with Gasteiger partial charge < -0.3 is 15.5 Å². The van der Waals surface area contributed by atoms with Crippen LogP contribution >= 0.6 is 11.3 Å². The molecule has 1 aliphatic heterocycles. The lowest BCUT2D eigenvalue weighted by Gasteiger charge is -2.35. The van der Waals surface area contributed by atoms with Crippen molar-refractivity contribution in [2.45, 2.75) is 6.42 Å². The van der Waals surface area contributed by atoms with E-state index in [1.165, 1.54) is 0 Å². The Morgan fingerprint density at radius 3 is 2.50 bits per heavy atom. The molecule has 26 heavy (non-hydrogen) atoms. The van der Waals surface area contributed by atoms with Crippen LogP contribution in [0.5, 0.6) is 0 Å². The van der Waals surface area contributed by atoms with Gasteiger partial charge in [0.1, 0.15) is 0 Å². The number of carbonyl (C=O) groups is 2. The van der Waals surface area contributed by atoms with Crippen molar-refractivity contribution in [1.82, 2.24) is 9.88 Å². The zero-order valence-corrected chi connectivity index (χ0v) is 15.4. The molecule has 1 aromatic carbocycles. The van der Waals surface area contributed by atoms with E-state index in [-0.39, 0.29) is 12.3 Å². The maximum atomic E-state index is 12.8. The van der Waals surface area contributed by atoms with Crippen LogP contribution in [0.25, 0.3) is 0 Å². The first-order valence-electron chi connectivity index (χ1n) is 8.64. The van der Waals surface area contributed by atoms with Crippen molar-refractivity contribution >= 4 is 34.0 Å². The van der Waals surface area contributed by atoms with Gasteiger partial charge in [-0.1, -0.05) is 18.2 Å². The lowest BCUT2D eigenvalue weighted by atomic mass is 10.2. The number of thiazole rings is 1. The molecule has 2 aromatic rings. The highest BCUT2D eigenvalue weighted by atomic mass is 32.1. The van der Waals surface area contributed by atoms with Crippen molar-refractivity contribution in [1.29, 1.82) is 0 Å². The molecule has 0 saturated carbocycles. The van der Waals surface area contributed by atoms with E-state index in [1.54, 1.807) is 16.2 Å². The minimum atomic E-state index is -0.407. The van der Waals surface area contributed by atoms with Crippen molar-refractivity contribution in [2.75, 3.05) is 49.1 Å². The van der Waals surface area contributed by atoms with E-state index >= 15 is 0 Å². The molecule has 1 aromatic heterocycles. The zero-order chi connectivity index (χ0) is 18.4. The van der Waals surface area contributed by atoms with Crippen molar-refractivity contribution in [3.8, 4) is 0 Å². The maximum Gasteiger partial charge on any atom is 0.241 e. The molecule has 8 heteroatoms. The minimum Gasteiger partial charge on any atom is -0.370 e. The van der Waals surface area contributed by atoms with E-state index in [4.69, 9.17) is 5.73 Å². The fraction of sp³-hybridized carbons (Fsp3) is 0.389. The van der Waals surface area contributed by atoms with Gasteiger partial charge in [-0.05, 0) is 12.1 Å². The Balaban J connectivity index is 1.58. The first-order valence-corrected chi connectivity index (χ1v) is 9.52. The van der Waals surface area contributed by atoms with Gasteiger partial charge in [-0.25, -0.2) is 4.98 Å². The Morgan fingerprint density at radius 2 is 1.88 bits per heavy atom. The second kappa shape index (κ2) is 8.77. The van der Waals surface area contributed by atoms with Gasteiger partial charge in [0.25, 0.3) is 0 Å². The standard InChI is InChI=1S/C18H23N5O2S/c19-16(24)6-8-23(15-4-2-1-3-5-15)17(25)14-21-9-11-22(12-10-21)18-20-7-13-26-18/h1-5,7,13H,6,8-12,14H2,(H2,19,24). The summed E-state index contributed by atoms with van der Waals surface area (Å²) in [5, 5.41) is 3.00. The Morgan fingerprint density at radius 1 is 1.15 bits per heavy atom. The fourth-order valence-electron chi connectivity index (χ4n) is 2.97. The maximum absolute atomic E-state index is 12.8. The molecular weight excluding hydrogens is 350 g/mol. The van der Waals surface area contributed by atoms with Crippen LogP contribution in [-0.4, -0.2) is 61.0 Å². The molecule has 0 atom stereocenters. The van der Waals surface area contributed by atoms with Crippen LogP contribution in [-0.2, 0) is 9.59 Å². The van der Waals surface area contributed by atoms with Gasteiger partial charge in [0, 0.05) is 56.4 Å². The molecule has 2 N–H and O–H groups in total. The normalized spacial score (nSPS) is 15.0. The number of para-hydroxylation sites is 1. The van der Waals surface area contributed by atoms with E-state index in [2.05, 4.69) is 14.8 Å². The van der Waals surface area contributed by atoms with Crippen LogP contribution in [0.15, 0.2) is 41.9 Å². The predicted octanol–water partition coefficient (Wildman–Crippen LogP) is 1.17. The summed E-state index contributed by atoms with van der Waals surface area (Å²) in [6.07, 6.45) is 1.96. The molecule has 138 valence electrons. The molecule has 3 rings (SSSR count). The number of piperazine rings is 1. The molecule has 0 spiro atoms. The van der Waals surface area contributed by atoms with Crippen LogP contribution < -0.4 is 15.5 Å². The lowest BCUT2D eigenvalue weighted by Crippen LogP contribution is -2.50. The summed E-state index contributed by atoms with van der Waals surface area (Å²) in [4.78, 5) is 34.4. The number of primary amides is 1. The largest absolute Gasteiger partial charge is 0.370 e. The highest BCUT2D eigenvalue weighted by molar-refractivity contribution is 7.13. The summed E-state index contributed by atoms with van der Waals surface area (Å²) >= 11 is 1.63. The smallest absolute Gasteiger partial charge is 0.241 e. The Labute approximate surface area is 157 Å². The SMILES string of the molecule is NC(=O)CCN(C(=O)CN1CCN(c2nccs2)CC1)c1ccccc1. The summed E-state index contributed by atoms with van der Waals surface area (Å²) in [7, 11) is 0. The molecule has 2 heterocycles. The van der Waals surface area contributed by atoms with Gasteiger partial charge in [0.15, 0.2) is 5.13 Å². The van der Waals surface area contributed by atoms with Gasteiger partial charge in [-0.3, -0.25) is 14.5 Å². The van der Waals surface area contributed by atoms with Crippen LogP contribution in [0.2, 0.25) is 0 Å². The van der Waals surface area contributed by atoms with Gasteiger partial charge in [-0.2, -0.15) is 0 Å². The molecule has 2 amide bonds. The number of anilines is 2. The summed E-state index contributed by atoms with van der Waals surface area (Å²) in [5.74, 6) is -0.420. The third-order valence-corrected chi connectivity index (χ3v) is 5.20. The molecule has 1 aliphatic rings. The number of aromatic nitrogens is 1. The van der Waals surface area contributed by atoms with E-state index < -0.39 is 5.91 Å². The van der Waals surface area contributed by atoms with Gasteiger partial charge in [0.05, 0.1) is 6.54 Å². The zero-order valence-electron chi connectivity index (χ0n) is 14.6. The van der Waals surface area contributed by atoms with E-state index in [0.29, 0.717) is 13.1 Å². The molecule has 0 bridgehead atoms. The number of benzene rings is 1. The number of carbonyl (C=O) groups excluding carboxylic acids is 2. The highest BCUT2D eigenvalue weighted by Gasteiger charge is 2.23. The molecule has 0 unspecified atom stereocenters. The third-order valence-electron chi connectivity index (χ3n) is 4.37. The van der Waals surface area contributed by atoms with Crippen molar-refractivity contribution < 1.29 is 9.59 Å². The van der Waals surface area contributed by atoms with Crippen LogP contribution in [0.4, 0.5) is 10.8 Å². The van der Waals surface area contributed by atoms with E-state index in [0.717, 1.165) is 37.0 Å². The van der Waals surface area contributed by atoms with Crippen molar-refractivity contribution in [3.63, 3.8) is 0 Å². The van der Waals surface area contributed by atoms with Crippen molar-refractivity contribution in [2.24, 2.45) is 5.73 Å². The van der Waals surface area contributed by atoms with Crippen LogP contribution in [0, 0.1) is 0 Å². The minimum absolute atomic E-state index is 0.0138. The highest BCUT2D eigenvalue weighted by Crippen LogP contribution is 2.19. The summed E-state index contributed by atoms with van der Waals surface area (Å²) in [6.45, 7) is 3.96. The molecule has 0 aliphatic carbocycles. The number of rotatable bonds is 7. The molecule has 0 radical (unpaired) electrons. The monoisotopic (exact) mass is 373 g/mol. The van der Waals surface area contributed by atoms with Gasteiger partial charge in [0.2, 0.25) is 11.8 Å². The molecule has 7 nitrogen and oxygen atoms in total. The number of nitrogens with zero attached hydrogens (tertiary/aromatic N) is 4. The number of hydrogen-bond acceptors (Lipinski definition) is 6. The first-order chi connectivity index (χ1) is 12.6. The summed E-state index contributed by atoms with van der Waals surface area (Å²) in [6, 6.07) is 9.41. The second-order valence-corrected chi connectivity index (χ2v) is 7.05. The summed E-state index contributed by atoms with van der Waals surface area (Å²) in [5.41, 5.74) is 6.06. The Bertz CT molecular complexity index is 714. The van der Waals surface area contributed by atoms with E-state index in [9.17, 15) is 9.59 Å². The topological polar surface area (TPSA) is 82.8 Å². The van der Waals surface area contributed by atoms with E-state index in [1.807, 2.05) is 41.9 Å². The lowest BCUT2D eigenvalue weighted by molar-refractivity contribution is -0.120. The number of nitrogens with two attached hydrogens (primary N) is 1. The number of hydrogen-bond donors (Lipinski definition) is 1. The Hall–Kier alpha value is -2.45. The van der Waals surface area contributed by atoms with Crippen LogP contribution in [0.3, 0.4) is 0 Å². The van der Waals surface area contributed by atoms with Gasteiger partial charge >= 0.3 is 0 Å². The Kier molecular flexibility index (Phi) is 6.19. The summed E-state index contributed by atoms with van der Waals surface area (Å²) < 4.78 is 0. The van der Waals surface area contributed by atoms with Crippen LogP contribution in [0.1, 0.15) is 6.42 Å². The third kappa shape index (κ3) is 4.80. The average Bonchev–Trinajstić information content (AvgIpc) is 3.18. The fourth-order valence-corrected chi connectivity index (χ4v) is 3.67. The number of amides is 2. The predicted molar refractivity (Wildman–Crippen MR) is 103 cm³/mol. The average molecular weight is 373 g/mol. The second-order valence-electron chi connectivity index (χ2n) is 6.18. The quantitative estimate of drug-likeness (QED) is 0.788. The molecular formula is C18H23N5O2S. The van der Waals surface area contributed by atoms with Gasteiger partial charge in [-0.15, -0.1) is 11.3 Å². The molecule has 1 saturated heterocycles. The molecule has 1 fully saturated rings. The first kappa shape index (κ1) is 18.3. The van der Waals surface area contributed by atoms with Crippen molar-refractivity contribution in [3.05, 3.63) is 41.9 Å².